The molecule has 0 saturated carbocycles. The smallest absolute Gasteiger partial charge is 0.317 e. The summed E-state index contributed by atoms with van der Waals surface area (Å²) < 4.78 is 0. The first-order valence-electron chi connectivity index (χ1n) is 10.1. The molecule has 3 rings (SSSR count). The molecule has 8 nitrogen and oxygen atoms in total. The fourth-order valence-corrected chi connectivity index (χ4v) is 4.42. The van der Waals surface area contributed by atoms with Gasteiger partial charge in [0.05, 0.1) is 11.1 Å². The summed E-state index contributed by atoms with van der Waals surface area (Å²) in [4.78, 5) is 22.2. The van der Waals surface area contributed by atoms with Crippen LogP contribution in [0.3, 0.4) is 0 Å². The Morgan fingerprint density at radius 3 is 2.86 bits per heavy atom. The SMILES string of the molecule is C=CNc1[nH]ccc1C(=N)N1CCCC2(CCCN2C(=O)NCCN(C)C)C1. The standard InChI is InChI=1S/C20H33N7O/c1-4-22-18-16(7-10-23-18)17(21)26-12-5-8-20(15-26)9-6-13-27(20)19(28)24-11-14-25(2)3/h4,7,10,21-23H,1,5-6,8-9,11-15H2,2-3H3,(H,24,28). The molecule has 4 N–H and O–H groups in total. The Bertz CT molecular complexity index is 713. The fraction of sp³-hybridized carbons (Fsp3) is 0.600. The minimum atomic E-state index is -0.172. The van der Waals surface area contributed by atoms with E-state index in [9.17, 15) is 4.79 Å². The number of urea groups is 1. The van der Waals surface area contributed by atoms with Crippen molar-refractivity contribution in [1.82, 2.24) is 25.0 Å². The molecule has 0 aromatic carbocycles. The van der Waals surface area contributed by atoms with E-state index in [4.69, 9.17) is 5.41 Å². The van der Waals surface area contributed by atoms with E-state index in [1.807, 2.05) is 31.3 Å². The van der Waals surface area contributed by atoms with Gasteiger partial charge in [-0.05, 0) is 52.0 Å². The summed E-state index contributed by atoms with van der Waals surface area (Å²) in [6, 6.07) is 1.94. The number of hydrogen-bond acceptors (Lipinski definition) is 4. The molecule has 1 aromatic heterocycles. The van der Waals surface area contributed by atoms with Gasteiger partial charge in [-0.3, -0.25) is 5.41 Å². The number of aromatic nitrogens is 1. The molecule has 8 heteroatoms. The van der Waals surface area contributed by atoms with Crippen LogP contribution >= 0.6 is 0 Å². The maximum atomic E-state index is 12.8. The number of hydrogen-bond donors (Lipinski definition) is 4. The summed E-state index contributed by atoms with van der Waals surface area (Å²) in [6.45, 7) is 7.53. The number of carbonyl (C=O) groups is 1. The van der Waals surface area contributed by atoms with Crippen LogP contribution in [-0.2, 0) is 0 Å². The average Bonchev–Trinajstić information content (AvgIpc) is 3.28. The van der Waals surface area contributed by atoms with Gasteiger partial charge in [-0.25, -0.2) is 4.79 Å². The van der Waals surface area contributed by atoms with Crippen LogP contribution in [0.4, 0.5) is 10.6 Å². The number of piperidine rings is 1. The molecule has 2 amide bonds. The quantitative estimate of drug-likeness (QED) is 0.444. The molecular weight excluding hydrogens is 354 g/mol. The van der Waals surface area contributed by atoms with Crippen molar-refractivity contribution in [3.63, 3.8) is 0 Å². The number of likely N-dealkylation sites (tertiary alicyclic amines) is 2. The number of nitrogens with zero attached hydrogens (tertiary/aromatic N) is 3. The molecular formula is C20H33N7O. The number of rotatable bonds is 6. The Kier molecular flexibility index (Phi) is 6.28. The second kappa shape index (κ2) is 8.68. The van der Waals surface area contributed by atoms with Crippen molar-refractivity contribution in [1.29, 1.82) is 5.41 Å². The lowest BCUT2D eigenvalue weighted by atomic mass is 9.86. The number of H-pyrrole nitrogens is 1. The van der Waals surface area contributed by atoms with Crippen LogP contribution in [0.5, 0.6) is 0 Å². The first-order chi connectivity index (χ1) is 13.5. The second-order valence-electron chi connectivity index (χ2n) is 8.00. The van der Waals surface area contributed by atoms with E-state index in [2.05, 4.69) is 32.0 Å². The number of amidine groups is 1. The molecule has 2 aliphatic heterocycles. The van der Waals surface area contributed by atoms with E-state index in [0.29, 0.717) is 18.9 Å². The van der Waals surface area contributed by atoms with Gasteiger partial charge in [0.15, 0.2) is 0 Å². The predicted octanol–water partition coefficient (Wildman–Crippen LogP) is 2.10. The number of nitrogens with one attached hydrogen (secondary N) is 4. The zero-order chi connectivity index (χ0) is 20.1. The Morgan fingerprint density at radius 2 is 2.14 bits per heavy atom. The van der Waals surface area contributed by atoms with Crippen molar-refractivity contribution in [2.75, 3.05) is 52.1 Å². The van der Waals surface area contributed by atoms with Crippen LogP contribution in [0.1, 0.15) is 31.2 Å². The average molecular weight is 388 g/mol. The normalized spacial score (nSPS) is 22.0. The van der Waals surface area contributed by atoms with Gasteiger partial charge < -0.3 is 30.3 Å². The first kappa shape index (κ1) is 20.3. The Labute approximate surface area is 167 Å². The highest BCUT2D eigenvalue weighted by Gasteiger charge is 2.46. The van der Waals surface area contributed by atoms with Crippen LogP contribution in [0.25, 0.3) is 0 Å². The molecule has 3 heterocycles. The highest BCUT2D eigenvalue weighted by Crippen LogP contribution is 2.37. The third-order valence-electron chi connectivity index (χ3n) is 5.80. The van der Waals surface area contributed by atoms with Gasteiger partial charge in [0.1, 0.15) is 11.7 Å². The lowest BCUT2D eigenvalue weighted by Gasteiger charge is -2.46. The summed E-state index contributed by atoms with van der Waals surface area (Å²) in [6.07, 6.45) is 7.45. The molecule has 2 aliphatic rings. The van der Waals surface area contributed by atoms with Gasteiger partial charge in [-0.1, -0.05) is 6.58 Å². The Hall–Kier alpha value is -2.48. The molecule has 0 aliphatic carbocycles. The van der Waals surface area contributed by atoms with Crippen molar-refractivity contribution in [3.8, 4) is 0 Å². The molecule has 1 aromatic rings. The fourth-order valence-electron chi connectivity index (χ4n) is 4.42. The van der Waals surface area contributed by atoms with Crippen molar-refractivity contribution in [2.24, 2.45) is 0 Å². The Balaban J connectivity index is 1.70. The second-order valence-corrected chi connectivity index (χ2v) is 8.00. The first-order valence-corrected chi connectivity index (χ1v) is 10.1. The zero-order valence-electron chi connectivity index (χ0n) is 17.1. The van der Waals surface area contributed by atoms with E-state index in [-0.39, 0.29) is 11.6 Å². The minimum absolute atomic E-state index is 0.0309. The molecule has 0 radical (unpaired) electrons. The van der Waals surface area contributed by atoms with E-state index in [1.54, 1.807) is 6.20 Å². The summed E-state index contributed by atoms with van der Waals surface area (Å²) >= 11 is 0. The lowest BCUT2D eigenvalue weighted by molar-refractivity contribution is 0.0901. The highest BCUT2D eigenvalue weighted by molar-refractivity contribution is 6.01. The maximum Gasteiger partial charge on any atom is 0.317 e. The third kappa shape index (κ3) is 4.16. The third-order valence-corrected chi connectivity index (χ3v) is 5.80. The summed E-state index contributed by atoms with van der Waals surface area (Å²) in [5, 5.41) is 14.9. The van der Waals surface area contributed by atoms with E-state index >= 15 is 0 Å². The number of carbonyl (C=O) groups excluding carboxylic acids is 1. The largest absolute Gasteiger partial charge is 0.354 e. The van der Waals surface area contributed by atoms with Crippen LogP contribution in [-0.4, -0.2) is 83.9 Å². The van der Waals surface area contributed by atoms with Crippen LogP contribution in [0.2, 0.25) is 0 Å². The monoisotopic (exact) mass is 387 g/mol. The van der Waals surface area contributed by atoms with Crippen molar-refractivity contribution >= 4 is 17.7 Å². The minimum Gasteiger partial charge on any atom is -0.354 e. The molecule has 1 spiro atoms. The zero-order valence-corrected chi connectivity index (χ0v) is 17.1. The molecule has 2 saturated heterocycles. The highest BCUT2D eigenvalue weighted by atomic mass is 16.2. The number of aromatic amines is 1. The molecule has 2 fully saturated rings. The van der Waals surface area contributed by atoms with Gasteiger partial charge in [0.2, 0.25) is 0 Å². The number of anilines is 1. The van der Waals surface area contributed by atoms with Gasteiger partial charge >= 0.3 is 6.03 Å². The van der Waals surface area contributed by atoms with E-state index in [1.165, 1.54) is 0 Å². The number of likely N-dealkylation sites (N-methyl/N-ethyl adjacent to an activating group) is 1. The van der Waals surface area contributed by atoms with Crippen molar-refractivity contribution in [3.05, 3.63) is 30.6 Å². The van der Waals surface area contributed by atoms with Crippen molar-refractivity contribution in [2.45, 2.75) is 31.2 Å². The lowest BCUT2D eigenvalue weighted by Crippen LogP contribution is -2.60. The molecule has 1 unspecified atom stereocenters. The molecule has 0 bridgehead atoms. The van der Waals surface area contributed by atoms with Gasteiger partial charge in [0, 0.05) is 38.9 Å². The van der Waals surface area contributed by atoms with Gasteiger partial charge in [-0.15, -0.1) is 0 Å². The molecule has 1 atom stereocenters. The van der Waals surface area contributed by atoms with E-state index < -0.39 is 0 Å². The summed E-state index contributed by atoms with van der Waals surface area (Å²) in [7, 11) is 4.01. The van der Waals surface area contributed by atoms with Gasteiger partial charge in [-0.2, -0.15) is 0 Å². The molecule has 28 heavy (non-hydrogen) atoms. The Morgan fingerprint density at radius 1 is 1.39 bits per heavy atom. The van der Waals surface area contributed by atoms with Crippen LogP contribution < -0.4 is 10.6 Å². The van der Waals surface area contributed by atoms with Crippen molar-refractivity contribution < 1.29 is 4.79 Å². The maximum absolute atomic E-state index is 12.8. The summed E-state index contributed by atoms with van der Waals surface area (Å²) in [5.41, 5.74) is 0.659. The number of amides is 2. The van der Waals surface area contributed by atoms with Crippen LogP contribution in [0.15, 0.2) is 25.0 Å². The topological polar surface area (TPSA) is 90.5 Å². The van der Waals surface area contributed by atoms with Crippen LogP contribution in [0, 0.1) is 5.41 Å². The summed E-state index contributed by atoms with van der Waals surface area (Å²) in [5.74, 6) is 1.27. The van der Waals surface area contributed by atoms with E-state index in [0.717, 1.165) is 56.7 Å². The molecule has 154 valence electrons. The van der Waals surface area contributed by atoms with Gasteiger partial charge in [0.25, 0.3) is 0 Å². The predicted molar refractivity (Wildman–Crippen MR) is 113 cm³/mol.